The first-order valence-electron chi connectivity index (χ1n) is 33.5. The number of esters is 3. The SMILES string of the molecule is CCCCCC/C=C\CCCCCCCC(=O)OCC(COC(=O)CCCCCCCCCCCCCCCCCCCCCCCCC)OC(=O)CCCCCCCCCCC/C=C\C/C=C\CCCCCCC. The Bertz CT molecular complexity index is 1250. The zero-order valence-electron chi connectivity index (χ0n) is 50.6. The molecule has 0 aromatic carbocycles. The van der Waals surface area contributed by atoms with Gasteiger partial charge in [-0.2, -0.15) is 0 Å². The molecule has 0 radical (unpaired) electrons. The van der Waals surface area contributed by atoms with Crippen molar-refractivity contribution >= 4 is 17.9 Å². The van der Waals surface area contributed by atoms with E-state index in [9.17, 15) is 14.4 Å². The van der Waals surface area contributed by atoms with Crippen LogP contribution >= 0.6 is 0 Å². The molecule has 0 saturated heterocycles. The first-order valence-corrected chi connectivity index (χ1v) is 33.5. The molecular weight excluding hydrogens is 925 g/mol. The predicted octanol–water partition coefficient (Wildman–Crippen LogP) is 22.8. The van der Waals surface area contributed by atoms with E-state index in [0.29, 0.717) is 19.3 Å². The summed E-state index contributed by atoms with van der Waals surface area (Å²) in [6.07, 6.45) is 78.7. The molecule has 0 saturated carbocycles. The van der Waals surface area contributed by atoms with Gasteiger partial charge in [-0.3, -0.25) is 14.4 Å². The third-order valence-corrected chi connectivity index (χ3v) is 15.1. The van der Waals surface area contributed by atoms with Gasteiger partial charge in [0.2, 0.25) is 0 Å². The zero-order chi connectivity index (χ0) is 54.3. The van der Waals surface area contributed by atoms with Crippen molar-refractivity contribution in [3.63, 3.8) is 0 Å². The van der Waals surface area contributed by atoms with Crippen LogP contribution in [0.2, 0.25) is 0 Å². The maximum Gasteiger partial charge on any atom is 0.306 e. The van der Waals surface area contributed by atoms with Crippen LogP contribution < -0.4 is 0 Å². The Morgan fingerprint density at radius 1 is 0.267 bits per heavy atom. The van der Waals surface area contributed by atoms with E-state index in [1.54, 1.807) is 0 Å². The Hall–Kier alpha value is -2.37. The Balaban J connectivity index is 4.27. The van der Waals surface area contributed by atoms with Crippen molar-refractivity contribution in [1.29, 1.82) is 0 Å². The first-order chi connectivity index (χ1) is 37.0. The van der Waals surface area contributed by atoms with E-state index < -0.39 is 6.10 Å². The Morgan fingerprint density at radius 3 is 0.760 bits per heavy atom. The van der Waals surface area contributed by atoms with Crippen LogP contribution in [0, 0.1) is 0 Å². The number of rotatable bonds is 62. The van der Waals surface area contributed by atoms with Crippen molar-refractivity contribution < 1.29 is 28.6 Å². The van der Waals surface area contributed by atoms with Crippen LogP contribution in [0.25, 0.3) is 0 Å². The maximum absolute atomic E-state index is 12.9. The van der Waals surface area contributed by atoms with E-state index >= 15 is 0 Å². The molecule has 0 aliphatic rings. The van der Waals surface area contributed by atoms with E-state index in [4.69, 9.17) is 14.2 Å². The second-order valence-corrected chi connectivity index (χ2v) is 22.7. The molecule has 1 unspecified atom stereocenters. The van der Waals surface area contributed by atoms with Gasteiger partial charge >= 0.3 is 17.9 Å². The van der Waals surface area contributed by atoms with Crippen molar-refractivity contribution in [3.8, 4) is 0 Å². The maximum atomic E-state index is 12.9. The highest BCUT2D eigenvalue weighted by Gasteiger charge is 2.19. The average molecular weight is 1050 g/mol. The standard InChI is InChI=1S/C69H128O6/c1-4-7-10-13-16-19-22-25-27-29-31-33-34-36-37-39-41-44-47-50-53-56-59-62-68(71)74-65-66(64-73-67(70)61-58-55-52-49-46-43-24-21-18-15-12-9-6-3)75-69(72)63-60-57-54-51-48-45-42-40-38-35-32-30-28-26-23-20-17-14-11-8-5-2/h21,23-24,26,30,32,66H,4-20,22,25,27-29,31,33-65H2,1-3H3/b24-21-,26-23-,32-30-. The minimum Gasteiger partial charge on any atom is -0.462 e. The van der Waals surface area contributed by atoms with Crippen LogP contribution in [0.3, 0.4) is 0 Å². The fourth-order valence-electron chi connectivity index (χ4n) is 10.1. The van der Waals surface area contributed by atoms with Crippen molar-refractivity contribution in [2.24, 2.45) is 0 Å². The summed E-state index contributed by atoms with van der Waals surface area (Å²) >= 11 is 0. The fraction of sp³-hybridized carbons (Fsp3) is 0.870. The van der Waals surface area contributed by atoms with E-state index in [2.05, 4.69) is 57.2 Å². The van der Waals surface area contributed by atoms with E-state index in [0.717, 1.165) is 70.6 Å². The molecule has 0 N–H and O–H groups in total. The number of carbonyl (C=O) groups is 3. The number of allylic oxidation sites excluding steroid dienone is 6. The molecule has 0 spiro atoms. The third kappa shape index (κ3) is 62.4. The fourth-order valence-corrected chi connectivity index (χ4v) is 10.1. The number of ether oxygens (including phenoxy) is 3. The summed E-state index contributed by atoms with van der Waals surface area (Å²) in [4.78, 5) is 38.3. The highest BCUT2D eigenvalue weighted by molar-refractivity contribution is 5.71. The Kier molecular flexibility index (Phi) is 62.1. The van der Waals surface area contributed by atoms with Gasteiger partial charge in [0.25, 0.3) is 0 Å². The quantitative estimate of drug-likeness (QED) is 0.0261. The second kappa shape index (κ2) is 64.2. The third-order valence-electron chi connectivity index (χ3n) is 15.1. The second-order valence-electron chi connectivity index (χ2n) is 22.7. The predicted molar refractivity (Wildman–Crippen MR) is 326 cm³/mol. The molecule has 0 aromatic rings. The lowest BCUT2D eigenvalue weighted by atomic mass is 10.0. The zero-order valence-corrected chi connectivity index (χ0v) is 50.6. The van der Waals surface area contributed by atoms with Crippen molar-refractivity contribution in [3.05, 3.63) is 36.5 Å². The van der Waals surface area contributed by atoms with Crippen molar-refractivity contribution in [2.45, 2.75) is 374 Å². The minimum atomic E-state index is -0.776. The van der Waals surface area contributed by atoms with Crippen LogP contribution in [0.5, 0.6) is 0 Å². The lowest BCUT2D eigenvalue weighted by molar-refractivity contribution is -0.167. The monoisotopic (exact) mass is 1050 g/mol. The number of hydrogen-bond donors (Lipinski definition) is 0. The highest BCUT2D eigenvalue weighted by Crippen LogP contribution is 2.18. The van der Waals surface area contributed by atoms with E-state index in [1.165, 1.54) is 257 Å². The van der Waals surface area contributed by atoms with Gasteiger partial charge in [0.1, 0.15) is 13.2 Å². The van der Waals surface area contributed by atoms with E-state index in [1.807, 2.05) is 0 Å². The lowest BCUT2D eigenvalue weighted by Crippen LogP contribution is -2.30. The van der Waals surface area contributed by atoms with Gasteiger partial charge in [-0.15, -0.1) is 0 Å². The molecule has 0 heterocycles. The Labute approximate surface area is 467 Å². The molecule has 440 valence electrons. The Morgan fingerprint density at radius 2 is 0.480 bits per heavy atom. The molecule has 6 nitrogen and oxygen atoms in total. The van der Waals surface area contributed by atoms with Crippen LogP contribution in [0.4, 0.5) is 0 Å². The van der Waals surface area contributed by atoms with Gasteiger partial charge in [0.15, 0.2) is 6.10 Å². The van der Waals surface area contributed by atoms with Crippen molar-refractivity contribution in [2.75, 3.05) is 13.2 Å². The topological polar surface area (TPSA) is 78.9 Å². The molecule has 0 aliphatic carbocycles. The van der Waals surface area contributed by atoms with Crippen LogP contribution in [0.1, 0.15) is 367 Å². The smallest absolute Gasteiger partial charge is 0.306 e. The van der Waals surface area contributed by atoms with Crippen LogP contribution in [0.15, 0.2) is 36.5 Å². The number of hydrogen-bond acceptors (Lipinski definition) is 6. The van der Waals surface area contributed by atoms with Gasteiger partial charge in [-0.1, -0.05) is 308 Å². The summed E-state index contributed by atoms with van der Waals surface area (Å²) in [5.41, 5.74) is 0. The normalized spacial score (nSPS) is 12.2. The molecule has 0 bridgehead atoms. The molecular formula is C69H128O6. The summed E-state index contributed by atoms with van der Waals surface area (Å²) < 4.78 is 17.0. The molecule has 6 heteroatoms. The largest absolute Gasteiger partial charge is 0.462 e. The molecule has 0 aromatic heterocycles. The summed E-state index contributed by atoms with van der Waals surface area (Å²) in [5, 5.41) is 0. The van der Waals surface area contributed by atoms with Gasteiger partial charge < -0.3 is 14.2 Å². The number of unbranched alkanes of at least 4 members (excludes halogenated alkanes) is 45. The molecule has 0 aliphatic heterocycles. The van der Waals surface area contributed by atoms with Crippen LogP contribution in [-0.2, 0) is 28.6 Å². The van der Waals surface area contributed by atoms with Crippen molar-refractivity contribution in [1.82, 2.24) is 0 Å². The number of carbonyl (C=O) groups excluding carboxylic acids is 3. The minimum absolute atomic E-state index is 0.0721. The molecule has 1 atom stereocenters. The molecule has 0 fully saturated rings. The molecule has 75 heavy (non-hydrogen) atoms. The molecule has 0 rings (SSSR count). The summed E-state index contributed by atoms with van der Waals surface area (Å²) in [7, 11) is 0. The lowest BCUT2D eigenvalue weighted by Gasteiger charge is -2.18. The summed E-state index contributed by atoms with van der Waals surface area (Å²) in [6.45, 7) is 6.67. The van der Waals surface area contributed by atoms with Crippen LogP contribution in [-0.4, -0.2) is 37.2 Å². The van der Waals surface area contributed by atoms with Gasteiger partial charge in [0.05, 0.1) is 0 Å². The van der Waals surface area contributed by atoms with E-state index in [-0.39, 0.29) is 31.1 Å². The summed E-state index contributed by atoms with van der Waals surface area (Å²) in [5.74, 6) is -0.861. The average Bonchev–Trinajstić information content (AvgIpc) is 3.41. The van der Waals surface area contributed by atoms with Gasteiger partial charge in [-0.05, 0) is 77.0 Å². The highest BCUT2D eigenvalue weighted by atomic mass is 16.6. The van der Waals surface area contributed by atoms with Gasteiger partial charge in [-0.25, -0.2) is 0 Å². The molecule has 0 amide bonds. The first kappa shape index (κ1) is 72.6. The summed E-state index contributed by atoms with van der Waals surface area (Å²) in [6, 6.07) is 0. The van der Waals surface area contributed by atoms with Gasteiger partial charge in [0, 0.05) is 19.3 Å².